The van der Waals surface area contributed by atoms with Crippen LogP contribution in [0.3, 0.4) is 0 Å². The van der Waals surface area contributed by atoms with Gasteiger partial charge < -0.3 is 4.74 Å². The lowest BCUT2D eigenvalue weighted by molar-refractivity contribution is -0.153. The summed E-state index contributed by atoms with van der Waals surface area (Å²) in [5, 5.41) is 0. The number of rotatable bonds is 3. The van der Waals surface area contributed by atoms with E-state index in [9.17, 15) is 4.79 Å². The summed E-state index contributed by atoms with van der Waals surface area (Å²) in [6, 6.07) is 0. The smallest absolute Gasteiger partial charge is 0.310 e. The van der Waals surface area contributed by atoms with Gasteiger partial charge in [-0.1, -0.05) is 23.8 Å². The second-order valence-electron chi connectivity index (χ2n) is 4.23. The molecule has 0 aromatic rings. The van der Waals surface area contributed by atoms with Crippen LogP contribution >= 0.6 is 0 Å². The van der Waals surface area contributed by atoms with E-state index in [1.807, 2.05) is 52.8 Å². The van der Waals surface area contributed by atoms with Gasteiger partial charge in [0.05, 0.1) is 6.42 Å². The molecule has 0 heterocycles. The minimum absolute atomic E-state index is 0.183. The van der Waals surface area contributed by atoms with Gasteiger partial charge in [0.25, 0.3) is 0 Å². The third-order valence-electron chi connectivity index (χ3n) is 1.54. The van der Waals surface area contributed by atoms with Crippen molar-refractivity contribution < 1.29 is 9.53 Å². The van der Waals surface area contributed by atoms with Gasteiger partial charge in [0.2, 0.25) is 0 Å². The number of allylic oxidation sites excluding steroid dienone is 3. The summed E-state index contributed by atoms with van der Waals surface area (Å²) in [6.45, 7) is 9.56. The van der Waals surface area contributed by atoms with E-state index in [4.69, 9.17) is 4.74 Å². The number of hydrogen-bond acceptors (Lipinski definition) is 2. The molecule has 0 fully saturated rings. The molecule has 2 heteroatoms. The molecule has 0 aromatic heterocycles. The molecule has 0 amide bonds. The van der Waals surface area contributed by atoms with Crippen molar-refractivity contribution in [1.29, 1.82) is 0 Å². The molecule has 0 aliphatic rings. The van der Waals surface area contributed by atoms with Gasteiger partial charge in [0.15, 0.2) is 0 Å². The maximum atomic E-state index is 11.2. The van der Waals surface area contributed by atoms with Crippen molar-refractivity contribution in [3.63, 3.8) is 0 Å². The van der Waals surface area contributed by atoms with E-state index in [0.29, 0.717) is 6.42 Å². The van der Waals surface area contributed by atoms with Crippen LogP contribution < -0.4 is 0 Å². The minimum atomic E-state index is -0.388. The molecule has 0 atom stereocenters. The molecule has 0 rings (SSSR count). The van der Waals surface area contributed by atoms with E-state index < -0.39 is 0 Å². The van der Waals surface area contributed by atoms with Crippen molar-refractivity contribution >= 4 is 5.97 Å². The van der Waals surface area contributed by atoms with Crippen molar-refractivity contribution in [3.05, 3.63) is 23.8 Å². The Hall–Kier alpha value is -1.05. The summed E-state index contributed by atoms with van der Waals surface area (Å²) >= 11 is 0. The average Bonchev–Trinajstić information content (AvgIpc) is 2.00. The van der Waals surface area contributed by atoms with Gasteiger partial charge in [-0.25, -0.2) is 0 Å². The van der Waals surface area contributed by atoms with Crippen LogP contribution in [0, 0.1) is 0 Å². The van der Waals surface area contributed by atoms with Crippen LogP contribution in [-0.2, 0) is 9.53 Å². The summed E-state index contributed by atoms with van der Waals surface area (Å²) in [7, 11) is 0. The summed E-state index contributed by atoms with van der Waals surface area (Å²) in [5.74, 6) is -0.183. The van der Waals surface area contributed by atoms with E-state index in [2.05, 4.69) is 0 Å². The highest BCUT2D eigenvalue weighted by atomic mass is 16.6. The first kappa shape index (κ1) is 12.9. The summed E-state index contributed by atoms with van der Waals surface area (Å²) in [5.41, 5.74) is 0.758. The van der Waals surface area contributed by atoms with E-state index >= 15 is 0 Å². The molecule has 0 aromatic carbocycles. The minimum Gasteiger partial charge on any atom is -0.460 e. The zero-order valence-electron chi connectivity index (χ0n) is 9.76. The maximum Gasteiger partial charge on any atom is 0.310 e. The molecule has 0 N–H and O–H groups in total. The van der Waals surface area contributed by atoms with Gasteiger partial charge in [-0.3, -0.25) is 4.79 Å². The van der Waals surface area contributed by atoms with Crippen molar-refractivity contribution in [2.24, 2.45) is 0 Å². The van der Waals surface area contributed by atoms with Crippen molar-refractivity contribution in [1.82, 2.24) is 0 Å². The standard InChI is InChI=1S/C12H20O2/c1-6-10(2)8-7-9-11(13)14-12(3,4)5/h6-8H,9H2,1-5H3. The molecule has 0 spiro atoms. The maximum absolute atomic E-state index is 11.2. The zero-order valence-corrected chi connectivity index (χ0v) is 9.76. The average molecular weight is 196 g/mol. The molecular weight excluding hydrogens is 176 g/mol. The topological polar surface area (TPSA) is 26.3 Å². The molecular formula is C12H20O2. The van der Waals surface area contributed by atoms with E-state index in [1.165, 1.54) is 0 Å². The van der Waals surface area contributed by atoms with Gasteiger partial charge in [-0.15, -0.1) is 0 Å². The lowest BCUT2D eigenvalue weighted by Crippen LogP contribution is -2.23. The van der Waals surface area contributed by atoms with Crippen LogP contribution in [0.1, 0.15) is 41.0 Å². The fraction of sp³-hybridized carbons (Fsp3) is 0.583. The number of carbonyl (C=O) groups is 1. The van der Waals surface area contributed by atoms with Gasteiger partial charge >= 0.3 is 5.97 Å². The van der Waals surface area contributed by atoms with Crippen molar-refractivity contribution in [2.75, 3.05) is 0 Å². The number of ether oxygens (including phenoxy) is 1. The quantitative estimate of drug-likeness (QED) is 0.511. The van der Waals surface area contributed by atoms with Gasteiger partial charge in [-0.2, -0.15) is 0 Å². The molecule has 0 saturated heterocycles. The highest BCUT2D eigenvalue weighted by molar-refractivity contribution is 5.71. The summed E-state index contributed by atoms with van der Waals surface area (Å²) < 4.78 is 5.14. The largest absolute Gasteiger partial charge is 0.460 e. The summed E-state index contributed by atoms with van der Waals surface area (Å²) in [4.78, 5) is 11.2. The van der Waals surface area contributed by atoms with E-state index in [-0.39, 0.29) is 11.6 Å². The van der Waals surface area contributed by atoms with Crippen LogP contribution in [0.2, 0.25) is 0 Å². The van der Waals surface area contributed by atoms with Gasteiger partial charge in [0, 0.05) is 0 Å². The van der Waals surface area contributed by atoms with Crippen LogP contribution in [0.25, 0.3) is 0 Å². The predicted molar refractivity (Wildman–Crippen MR) is 59.0 cm³/mol. The van der Waals surface area contributed by atoms with Crippen molar-refractivity contribution in [3.8, 4) is 0 Å². The highest BCUT2D eigenvalue weighted by Gasteiger charge is 2.14. The molecule has 2 nitrogen and oxygen atoms in total. The number of hydrogen-bond donors (Lipinski definition) is 0. The van der Waals surface area contributed by atoms with Gasteiger partial charge in [0.1, 0.15) is 5.60 Å². The summed E-state index contributed by atoms with van der Waals surface area (Å²) in [6.07, 6.45) is 6.07. The normalized spacial score (nSPS) is 13.4. The predicted octanol–water partition coefficient (Wildman–Crippen LogP) is 3.24. The molecule has 0 saturated carbocycles. The number of esters is 1. The molecule has 0 aliphatic heterocycles. The Morgan fingerprint density at radius 3 is 2.36 bits per heavy atom. The first-order valence-corrected chi connectivity index (χ1v) is 4.86. The highest BCUT2D eigenvalue weighted by Crippen LogP contribution is 2.08. The fourth-order valence-electron chi connectivity index (χ4n) is 0.820. The third-order valence-corrected chi connectivity index (χ3v) is 1.54. The number of carbonyl (C=O) groups excluding carboxylic acids is 1. The SMILES string of the molecule is CC=C(C)C=CCC(=O)OC(C)(C)C. The van der Waals surface area contributed by atoms with Crippen LogP contribution in [0.5, 0.6) is 0 Å². The Labute approximate surface area is 86.6 Å². The molecule has 80 valence electrons. The van der Waals surface area contributed by atoms with Crippen molar-refractivity contribution in [2.45, 2.75) is 46.6 Å². The first-order chi connectivity index (χ1) is 6.35. The molecule has 0 radical (unpaired) electrons. The van der Waals surface area contributed by atoms with Crippen LogP contribution in [0.15, 0.2) is 23.8 Å². The third kappa shape index (κ3) is 7.59. The Morgan fingerprint density at radius 2 is 1.93 bits per heavy atom. The lowest BCUT2D eigenvalue weighted by atomic mass is 10.2. The lowest BCUT2D eigenvalue weighted by Gasteiger charge is -2.18. The fourth-order valence-corrected chi connectivity index (χ4v) is 0.820. The zero-order chi connectivity index (χ0) is 11.2. The molecule has 0 aliphatic carbocycles. The monoisotopic (exact) mass is 196 g/mol. The first-order valence-electron chi connectivity index (χ1n) is 4.86. The Balaban J connectivity index is 3.92. The Kier molecular flexibility index (Phi) is 5.21. The van der Waals surface area contributed by atoms with E-state index in [1.54, 1.807) is 0 Å². The van der Waals surface area contributed by atoms with Crippen LogP contribution in [0.4, 0.5) is 0 Å². The second-order valence-corrected chi connectivity index (χ2v) is 4.23. The molecule has 0 unspecified atom stereocenters. The Bertz CT molecular complexity index is 242. The van der Waals surface area contributed by atoms with Crippen LogP contribution in [-0.4, -0.2) is 11.6 Å². The van der Waals surface area contributed by atoms with Gasteiger partial charge in [-0.05, 0) is 34.6 Å². The van der Waals surface area contributed by atoms with E-state index in [0.717, 1.165) is 5.57 Å². The molecule has 14 heavy (non-hydrogen) atoms. The molecule has 0 bridgehead atoms. The second kappa shape index (κ2) is 5.63. The Morgan fingerprint density at radius 1 is 1.36 bits per heavy atom.